The van der Waals surface area contributed by atoms with Crippen LogP contribution in [0, 0.1) is 12.3 Å². The Labute approximate surface area is 160 Å². The Hall–Kier alpha value is -2.82. The minimum absolute atomic E-state index is 0.103. The summed E-state index contributed by atoms with van der Waals surface area (Å²) in [6.07, 6.45) is 5.90. The molecule has 27 heavy (non-hydrogen) atoms. The minimum Gasteiger partial charge on any atom is -0.497 e. The summed E-state index contributed by atoms with van der Waals surface area (Å²) >= 11 is 0. The van der Waals surface area contributed by atoms with Gasteiger partial charge in [0.05, 0.1) is 25.1 Å². The van der Waals surface area contributed by atoms with Gasteiger partial charge < -0.3 is 10.1 Å². The van der Waals surface area contributed by atoms with Gasteiger partial charge in [0.15, 0.2) is 0 Å². The fourth-order valence-corrected chi connectivity index (χ4v) is 3.75. The first-order valence-electron chi connectivity index (χ1n) is 8.35. The molecule has 0 unspecified atom stereocenters. The fraction of sp³-hybridized carbons (Fsp3) is 0.250. The maximum Gasteiger partial charge on any atom is 0.244 e. The van der Waals surface area contributed by atoms with E-state index in [-0.39, 0.29) is 18.0 Å². The molecule has 1 N–H and O–H groups in total. The molecule has 0 atom stereocenters. The van der Waals surface area contributed by atoms with Crippen molar-refractivity contribution in [1.29, 1.82) is 0 Å². The Morgan fingerprint density at radius 3 is 2.41 bits per heavy atom. The number of terminal acetylenes is 1. The van der Waals surface area contributed by atoms with E-state index in [4.69, 9.17) is 11.2 Å². The number of hydrogen-bond acceptors (Lipinski definition) is 4. The molecular weight excluding hydrogens is 364 g/mol. The van der Waals surface area contributed by atoms with E-state index in [0.717, 1.165) is 15.6 Å². The van der Waals surface area contributed by atoms with Crippen molar-refractivity contribution in [2.24, 2.45) is 0 Å². The molecule has 0 aliphatic rings. The van der Waals surface area contributed by atoms with Crippen LogP contribution in [-0.2, 0) is 21.2 Å². The second-order valence-corrected chi connectivity index (χ2v) is 7.68. The minimum atomic E-state index is -3.83. The number of methoxy groups -OCH3 is 1. The highest BCUT2D eigenvalue weighted by atomic mass is 32.2. The van der Waals surface area contributed by atoms with Crippen molar-refractivity contribution in [1.82, 2.24) is 9.62 Å². The number of carbonyl (C=O) groups excluding carboxylic acids is 1. The number of rotatable bonds is 9. The molecule has 2 aromatic rings. The number of benzene rings is 2. The first kappa shape index (κ1) is 20.5. The van der Waals surface area contributed by atoms with Crippen molar-refractivity contribution < 1.29 is 17.9 Å². The predicted molar refractivity (Wildman–Crippen MR) is 104 cm³/mol. The van der Waals surface area contributed by atoms with Crippen LogP contribution in [0.25, 0.3) is 0 Å². The van der Waals surface area contributed by atoms with E-state index in [0.29, 0.717) is 13.0 Å². The van der Waals surface area contributed by atoms with Gasteiger partial charge in [-0.15, -0.1) is 6.42 Å². The quantitative estimate of drug-likeness (QED) is 0.666. The maximum atomic E-state index is 12.7. The fourth-order valence-electron chi connectivity index (χ4n) is 2.42. The highest BCUT2D eigenvalue weighted by Crippen LogP contribution is 2.14. The maximum absolute atomic E-state index is 12.7. The molecule has 0 aliphatic heterocycles. The number of nitrogens with one attached hydrogen (secondary N) is 1. The number of nitrogens with zero attached hydrogens (tertiary/aromatic N) is 1. The van der Waals surface area contributed by atoms with Gasteiger partial charge in [0.1, 0.15) is 5.75 Å². The average Bonchev–Trinajstić information content (AvgIpc) is 2.69. The molecule has 7 heteroatoms. The average molecular weight is 386 g/mol. The van der Waals surface area contributed by atoms with E-state index in [9.17, 15) is 13.2 Å². The van der Waals surface area contributed by atoms with Crippen LogP contribution in [0.2, 0.25) is 0 Å². The van der Waals surface area contributed by atoms with Crippen molar-refractivity contribution in [3.05, 3.63) is 60.2 Å². The summed E-state index contributed by atoms with van der Waals surface area (Å²) in [4.78, 5) is 12.3. The van der Waals surface area contributed by atoms with Crippen LogP contribution >= 0.6 is 0 Å². The van der Waals surface area contributed by atoms with Crippen LogP contribution in [0.5, 0.6) is 5.75 Å². The molecule has 0 fully saturated rings. The molecule has 0 saturated carbocycles. The highest BCUT2D eigenvalue weighted by Gasteiger charge is 2.25. The van der Waals surface area contributed by atoms with Crippen LogP contribution in [-0.4, -0.2) is 45.4 Å². The molecule has 2 rings (SSSR count). The molecule has 6 nitrogen and oxygen atoms in total. The van der Waals surface area contributed by atoms with Crippen molar-refractivity contribution in [3.8, 4) is 18.1 Å². The van der Waals surface area contributed by atoms with Gasteiger partial charge in [-0.05, 0) is 36.2 Å². The number of ether oxygens (including phenoxy) is 1. The van der Waals surface area contributed by atoms with Gasteiger partial charge in [-0.3, -0.25) is 4.79 Å². The molecule has 0 bridgehead atoms. The Balaban J connectivity index is 1.93. The normalized spacial score (nSPS) is 11.0. The van der Waals surface area contributed by atoms with E-state index in [1.165, 1.54) is 12.1 Å². The summed E-state index contributed by atoms with van der Waals surface area (Å²) in [5.41, 5.74) is 1.04. The van der Waals surface area contributed by atoms with Gasteiger partial charge in [0.25, 0.3) is 0 Å². The summed E-state index contributed by atoms with van der Waals surface area (Å²) in [6, 6.07) is 15.4. The Morgan fingerprint density at radius 1 is 1.15 bits per heavy atom. The van der Waals surface area contributed by atoms with Gasteiger partial charge >= 0.3 is 0 Å². The second-order valence-electron chi connectivity index (χ2n) is 5.74. The lowest BCUT2D eigenvalue weighted by atomic mass is 10.1. The zero-order valence-electron chi connectivity index (χ0n) is 15.1. The smallest absolute Gasteiger partial charge is 0.244 e. The van der Waals surface area contributed by atoms with Gasteiger partial charge in [-0.2, -0.15) is 4.31 Å². The zero-order chi connectivity index (χ0) is 19.7. The number of hydrogen-bond donors (Lipinski definition) is 1. The summed E-state index contributed by atoms with van der Waals surface area (Å²) in [6.45, 7) is -0.117. The van der Waals surface area contributed by atoms with E-state index < -0.39 is 15.9 Å². The molecule has 0 heterocycles. The summed E-state index contributed by atoms with van der Waals surface area (Å²) < 4.78 is 31.4. The van der Waals surface area contributed by atoms with Crippen LogP contribution < -0.4 is 10.1 Å². The van der Waals surface area contributed by atoms with E-state index >= 15 is 0 Å². The number of sulfonamides is 1. The van der Waals surface area contributed by atoms with Gasteiger partial charge in [-0.1, -0.05) is 36.3 Å². The number of carbonyl (C=O) groups is 1. The van der Waals surface area contributed by atoms with E-state index in [2.05, 4.69) is 11.2 Å². The zero-order valence-corrected chi connectivity index (χ0v) is 15.9. The van der Waals surface area contributed by atoms with Crippen LogP contribution in [0.1, 0.15) is 5.56 Å². The first-order valence-corrected chi connectivity index (χ1v) is 9.79. The lowest BCUT2D eigenvalue weighted by Gasteiger charge is -2.19. The number of amides is 1. The molecule has 0 radical (unpaired) electrons. The van der Waals surface area contributed by atoms with Crippen LogP contribution in [0.15, 0.2) is 59.5 Å². The van der Waals surface area contributed by atoms with Crippen molar-refractivity contribution >= 4 is 15.9 Å². The predicted octanol–water partition coefficient (Wildman–Crippen LogP) is 1.68. The Bertz CT molecular complexity index is 888. The highest BCUT2D eigenvalue weighted by molar-refractivity contribution is 7.89. The van der Waals surface area contributed by atoms with Gasteiger partial charge in [0.2, 0.25) is 15.9 Å². The Kier molecular flexibility index (Phi) is 7.41. The topological polar surface area (TPSA) is 75.7 Å². The second kappa shape index (κ2) is 9.76. The molecule has 0 aliphatic carbocycles. The van der Waals surface area contributed by atoms with Crippen LogP contribution in [0.3, 0.4) is 0 Å². The molecular formula is C20H22N2O4S. The lowest BCUT2D eigenvalue weighted by molar-refractivity contribution is -0.121. The largest absolute Gasteiger partial charge is 0.497 e. The summed E-state index contributed by atoms with van der Waals surface area (Å²) in [5, 5.41) is 2.73. The van der Waals surface area contributed by atoms with Crippen LogP contribution in [0.4, 0.5) is 0 Å². The third-order valence-corrected chi connectivity index (χ3v) is 5.67. The van der Waals surface area contributed by atoms with E-state index in [1.807, 2.05) is 24.3 Å². The van der Waals surface area contributed by atoms with Crippen molar-refractivity contribution in [2.75, 3.05) is 26.7 Å². The van der Waals surface area contributed by atoms with Gasteiger partial charge in [0, 0.05) is 6.54 Å². The third-order valence-electron chi connectivity index (χ3n) is 3.86. The Morgan fingerprint density at radius 2 is 1.81 bits per heavy atom. The molecule has 142 valence electrons. The van der Waals surface area contributed by atoms with Crippen molar-refractivity contribution in [2.45, 2.75) is 11.3 Å². The van der Waals surface area contributed by atoms with Crippen molar-refractivity contribution in [3.63, 3.8) is 0 Å². The first-order chi connectivity index (χ1) is 13.0. The third kappa shape index (κ3) is 5.84. The molecule has 0 aromatic heterocycles. The molecule has 0 spiro atoms. The molecule has 0 saturated heterocycles. The SMILES string of the molecule is C#CCN(CC(=O)NCCc1ccc(OC)cc1)S(=O)(=O)c1ccccc1. The molecule has 1 amide bonds. The van der Waals surface area contributed by atoms with Gasteiger partial charge in [-0.25, -0.2) is 8.42 Å². The standard InChI is InChI=1S/C20H22N2O4S/c1-3-15-22(27(24,25)19-7-5-4-6-8-19)16-20(23)21-14-13-17-9-11-18(26-2)12-10-17/h1,4-12H,13-16H2,2H3,(H,21,23). The summed E-state index contributed by atoms with van der Waals surface area (Å²) in [7, 11) is -2.23. The monoisotopic (exact) mass is 386 g/mol. The lowest BCUT2D eigenvalue weighted by Crippen LogP contribution is -2.41. The molecule has 2 aromatic carbocycles. The van der Waals surface area contributed by atoms with E-state index in [1.54, 1.807) is 25.3 Å². The summed E-state index contributed by atoms with van der Waals surface area (Å²) in [5.74, 6) is 2.66.